The molecule has 0 saturated carbocycles. The standard InChI is InChI=1S/C88H58N8O2/c97-87-59(33-19-35-61(87)85-75-49-45-71(93-75)81(55-25-11-3-12-26-55)67-41-37-63(89-67)79(53-21-7-1-8-22-53)64-38-42-68(90-64)82(56-27-13-4-14-28-56)72-46-50-76(85)94-72)60-34-20-36-62(88(60)98)86-77-51-47-73(95-77)83(57-29-15-5-16-30-57)69-43-39-65(91-69)80(54-23-9-2-10-24-54)66-40-44-70(92-66)84(58-31-17-6-18-32-58)74-48-52-78(86)96-74/h1-52,89,91,94,96-98H. The molecule has 16 bridgehead atoms. The second-order valence-electron chi connectivity index (χ2n) is 24.6. The van der Waals surface area contributed by atoms with Crippen LogP contribution in [0.2, 0.25) is 0 Å². The van der Waals surface area contributed by atoms with E-state index in [-0.39, 0.29) is 11.5 Å². The predicted octanol–water partition coefficient (Wildman–Crippen LogP) is 22.0. The number of phenolic OH excluding ortho intramolecular Hbond substituents is 2. The molecule has 10 heteroatoms. The fourth-order valence-corrected chi connectivity index (χ4v) is 14.4. The number of hydrogen-bond donors (Lipinski definition) is 6. The van der Waals surface area contributed by atoms with Crippen LogP contribution in [0, 0.1) is 0 Å². The third-order valence-electron chi connectivity index (χ3n) is 18.8. The summed E-state index contributed by atoms with van der Waals surface area (Å²) in [6.45, 7) is 0. The molecule has 14 aromatic rings. The fourth-order valence-electron chi connectivity index (χ4n) is 14.4. The molecule has 8 aromatic carbocycles. The van der Waals surface area contributed by atoms with Gasteiger partial charge < -0.3 is 30.1 Å². The maximum Gasteiger partial charge on any atom is 0.131 e. The van der Waals surface area contributed by atoms with Crippen LogP contribution in [-0.4, -0.2) is 50.1 Å². The average molecular weight is 1260 g/mol. The molecule has 10 nitrogen and oxygen atoms in total. The monoisotopic (exact) mass is 1260 g/mol. The second-order valence-corrected chi connectivity index (χ2v) is 24.6. The molecule has 0 radical (unpaired) electrons. The highest BCUT2D eigenvalue weighted by Gasteiger charge is 2.26. The highest BCUT2D eigenvalue weighted by molar-refractivity contribution is 6.05. The minimum absolute atomic E-state index is 0.0486. The topological polar surface area (TPSA) is 155 Å². The highest BCUT2D eigenvalue weighted by atomic mass is 16.3. The van der Waals surface area contributed by atoms with Crippen LogP contribution in [-0.2, 0) is 0 Å². The van der Waals surface area contributed by atoms with E-state index in [9.17, 15) is 10.2 Å². The normalized spacial score (nSPS) is 12.2. The van der Waals surface area contributed by atoms with Crippen LogP contribution >= 0.6 is 0 Å². The summed E-state index contributed by atoms with van der Waals surface area (Å²) in [5, 5.41) is 26.7. The van der Waals surface area contributed by atoms with E-state index in [0.717, 1.165) is 134 Å². The molecule has 0 saturated heterocycles. The Kier molecular flexibility index (Phi) is 13.9. The van der Waals surface area contributed by atoms with Gasteiger partial charge >= 0.3 is 0 Å². The van der Waals surface area contributed by atoms with Gasteiger partial charge in [0, 0.05) is 111 Å². The number of aromatic hydroxyl groups is 2. The molecule has 0 spiro atoms. The Morgan fingerprint density at radius 3 is 0.551 bits per heavy atom. The lowest BCUT2D eigenvalue weighted by Gasteiger charge is -2.15. The van der Waals surface area contributed by atoms with Crippen molar-refractivity contribution in [3.8, 4) is 112 Å². The summed E-state index contributed by atoms with van der Waals surface area (Å²) in [6.07, 6.45) is 16.5. The number of nitrogens with zero attached hydrogens (tertiary/aromatic N) is 4. The Balaban J connectivity index is 0.880. The Morgan fingerprint density at radius 1 is 0.173 bits per heavy atom. The van der Waals surface area contributed by atoms with Gasteiger partial charge in [-0.3, -0.25) is 0 Å². The maximum atomic E-state index is 13.4. The molecule has 462 valence electrons. The number of aromatic nitrogens is 8. The molecule has 0 unspecified atom stereocenters. The molecule has 4 aliphatic rings. The van der Waals surface area contributed by atoms with E-state index in [1.807, 2.05) is 133 Å². The number of rotatable bonds is 9. The van der Waals surface area contributed by atoms with Crippen molar-refractivity contribution in [1.29, 1.82) is 0 Å². The van der Waals surface area contributed by atoms with Gasteiger partial charge in [0.15, 0.2) is 0 Å². The number of para-hydroxylation sites is 2. The van der Waals surface area contributed by atoms with Crippen LogP contribution in [0.25, 0.3) is 193 Å². The molecule has 10 heterocycles. The quantitative estimate of drug-likeness (QED) is 0.0846. The van der Waals surface area contributed by atoms with Gasteiger partial charge in [0.1, 0.15) is 11.5 Å². The first kappa shape index (κ1) is 57.2. The summed E-state index contributed by atoms with van der Waals surface area (Å²) < 4.78 is 0. The van der Waals surface area contributed by atoms with Gasteiger partial charge in [-0.15, -0.1) is 0 Å². The third kappa shape index (κ3) is 9.98. The fraction of sp³-hybridized carbons (Fsp3) is 0. The van der Waals surface area contributed by atoms with Gasteiger partial charge in [0.05, 0.1) is 45.6 Å². The number of fused-ring (bicyclic) bond motifs is 16. The van der Waals surface area contributed by atoms with Crippen molar-refractivity contribution in [2.24, 2.45) is 0 Å². The van der Waals surface area contributed by atoms with Crippen LogP contribution in [0.1, 0.15) is 45.6 Å². The first-order valence-corrected chi connectivity index (χ1v) is 32.7. The summed E-state index contributed by atoms with van der Waals surface area (Å²) in [7, 11) is 0. The van der Waals surface area contributed by atoms with Crippen molar-refractivity contribution in [3.05, 3.63) is 312 Å². The molecule has 98 heavy (non-hydrogen) atoms. The van der Waals surface area contributed by atoms with E-state index in [4.69, 9.17) is 19.9 Å². The summed E-state index contributed by atoms with van der Waals surface area (Å²) in [6, 6.07) is 90.2. The third-order valence-corrected chi connectivity index (χ3v) is 18.8. The van der Waals surface area contributed by atoms with E-state index < -0.39 is 0 Å². The second kappa shape index (κ2) is 23.8. The summed E-state index contributed by atoms with van der Waals surface area (Å²) >= 11 is 0. The lowest BCUT2D eigenvalue weighted by molar-refractivity contribution is 0.471. The minimum Gasteiger partial charge on any atom is -0.507 e. The zero-order valence-electron chi connectivity index (χ0n) is 52.7. The zero-order chi connectivity index (χ0) is 65.2. The smallest absolute Gasteiger partial charge is 0.131 e. The predicted molar refractivity (Wildman–Crippen MR) is 404 cm³/mol. The number of hydrogen-bond acceptors (Lipinski definition) is 6. The van der Waals surface area contributed by atoms with Gasteiger partial charge in [0.25, 0.3) is 0 Å². The van der Waals surface area contributed by atoms with Crippen LogP contribution in [0.3, 0.4) is 0 Å². The molecule has 0 aliphatic carbocycles. The van der Waals surface area contributed by atoms with E-state index in [1.165, 1.54) is 0 Å². The Hall–Kier alpha value is -13.4. The van der Waals surface area contributed by atoms with Crippen LogP contribution < -0.4 is 0 Å². The number of phenols is 2. The molecule has 0 amide bonds. The first-order chi connectivity index (χ1) is 48.4. The van der Waals surface area contributed by atoms with Gasteiger partial charge in [-0.2, -0.15) is 0 Å². The number of H-pyrrole nitrogens is 4. The highest BCUT2D eigenvalue weighted by Crippen LogP contribution is 2.49. The molecule has 18 rings (SSSR count). The molecular formula is C88H58N8O2. The summed E-state index contributed by atoms with van der Waals surface area (Å²) in [5.41, 5.74) is 27.2. The molecule has 0 fully saturated rings. The lowest BCUT2D eigenvalue weighted by Crippen LogP contribution is -1.92. The van der Waals surface area contributed by atoms with Crippen molar-refractivity contribution in [3.63, 3.8) is 0 Å². The minimum atomic E-state index is -0.0486. The molecule has 0 atom stereocenters. The van der Waals surface area contributed by atoms with E-state index in [0.29, 0.717) is 55.8 Å². The maximum absolute atomic E-state index is 13.4. The van der Waals surface area contributed by atoms with Crippen LogP contribution in [0.4, 0.5) is 0 Å². The van der Waals surface area contributed by atoms with Crippen molar-refractivity contribution >= 4 is 92.7 Å². The van der Waals surface area contributed by atoms with Gasteiger partial charge in [-0.05, 0) is 131 Å². The molecule has 4 aliphatic heterocycles. The van der Waals surface area contributed by atoms with E-state index in [2.05, 4.69) is 202 Å². The Labute approximate surface area is 563 Å². The van der Waals surface area contributed by atoms with Crippen molar-refractivity contribution < 1.29 is 10.2 Å². The SMILES string of the molecule is Oc1c(-c2cccc(-c3c4nc(c(-c5ccccc5)c5ccc([nH]5)c(-c5ccccc5)c5nc(c(-c6ccccc6)c6ccc3[nH]6)C=C5)C=C4)c2O)cccc1-c1c2nc(c(-c3ccccc3)c3ccc([nH]3)c(-c3ccccc3)c3nc(c(-c4ccccc4)c4ccc1[nH]4)C=C3)C=C2. The number of benzene rings is 8. The van der Waals surface area contributed by atoms with Crippen molar-refractivity contribution in [2.75, 3.05) is 0 Å². The zero-order valence-corrected chi connectivity index (χ0v) is 52.7. The molecule has 6 N–H and O–H groups in total. The Morgan fingerprint density at radius 2 is 0.347 bits per heavy atom. The van der Waals surface area contributed by atoms with Crippen molar-refractivity contribution in [2.45, 2.75) is 0 Å². The molecule has 6 aromatic heterocycles. The first-order valence-electron chi connectivity index (χ1n) is 32.7. The van der Waals surface area contributed by atoms with Gasteiger partial charge in [-0.25, -0.2) is 19.9 Å². The van der Waals surface area contributed by atoms with Gasteiger partial charge in [-0.1, -0.05) is 218 Å². The van der Waals surface area contributed by atoms with Gasteiger partial charge in [0.2, 0.25) is 0 Å². The van der Waals surface area contributed by atoms with Crippen LogP contribution in [0.15, 0.2) is 267 Å². The lowest BCUT2D eigenvalue weighted by atomic mass is 9.93. The molecular weight excluding hydrogens is 1200 g/mol. The van der Waals surface area contributed by atoms with Crippen molar-refractivity contribution in [1.82, 2.24) is 39.9 Å². The Bertz CT molecular complexity index is 5590. The number of aromatic amines is 4. The largest absolute Gasteiger partial charge is 0.507 e. The van der Waals surface area contributed by atoms with Crippen LogP contribution in [0.5, 0.6) is 11.5 Å². The van der Waals surface area contributed by atoms with E-state index in [1.54, 1.807) is 0 Å². The van der Waals surface area contributed by atoms with E-state index >= 15 is 0 Å². The number of nitrogens with one attached hydrogen (secondary N) is 4. The summed E-state index contributed by atoms with van der Waals surface area (Å²) in [4.78, 5) is 37.4. The summed E-state index contributed by atoms with van der Waals surface area (Å²) in [5.74, 6) is -0.0971. The average Bonchev–Trinajstić information content (AvgIpc) is 1.46.